The van der Waals surface area contributed by atoms with E-state index in [1.165, 1.54) is 0 Å². The van der Waals surface area contributed by atoms with Crippen LogP contribution in [0.1, 0.15) is 25.0 Å². The average Bonchev–Trinajstić information content (AvgIpc) is 2.24. The molecule has 0 aliphatic heterocycles. The smallest absolute Gasteiger partial charge is 0.233 e. The number of carbonyl (C=O) groups excluding carboxylic acids is 1. The minimum atomic E-state index is 0.477. The summed E-state index contributed by atoms with van der Waals surface area (Å²) in [5.74, 6) is 0.658. The highest BCUT2D eigenvalue weighted by molar-refractivity contribution is 7.99. The second-order valence-corrected chi connectivity index (χ2v) is 4.95. The molecule has 2 nitrogen and oxygen atoms in total. The standard InChI is InChI=1S/C12H15O2S/c1-10(2)15-9-14-8-12-6-4-3-5-11(12)7-13/h3-6,10H,8-9H2,1-2H3. The van der Waals surface area contributed by atoms with Crippen LogP contribution in [0.15, 0.2) is 24.3 Å². The summed E-state index contributed by atoms with van der Waals surface area (Å²) >= 11 is 1.74. The van der Waals surface area contributed by atoms with Gasteiger partial charge in [-0.25, -0.2) is 0 Å². The molecule has 0 saturated carbocycles. The summed E-state index contributed by atoms with van der Waals surface area (Å²) in [6.45, 7) is 4.73. The highest BCUT2D eigenvalue weighted by atomic mass is 32.2. The fourth-order valence-corrected chi connectivity index (χ4v) is 1.53. The molecular weight excluding hydrogens is 208 g/mol. The summed E-state index contributed by atoms with van der Waals surface area (Å²) < 4.78 is 5.46. The van der Waals surface area contributed by atoms with Gasteiger partial charge in [-0.1, -0.05) is 38.1 Å². The van der Waals surface area contributed by atoms with Crippen molar-refractivity contribution in [3.63, 3.8) is 0 Å². The van der Waals surface area contributed by atoms with Crippen LogP contribution in [-0.2, 0) is 16.1 Å². The van der Waals surface area contributed by atoms with Crippen LogP contribution < -0.4 is 0 Å². The quantitative estimate of drug-likeness (QED) is 0.548. The van der Waals surface area contributed by atoms with Crippen molar-refractivity contribution in [2.75, 3.05) is 5.94 Å². The van der Waals surface area contributed by atoms with Crippen molar-refractivity contribution in [2.24, 2.45) is 0 Å². The van der Waals surface area contributed by atoms with Crippen LogP contribution in [-0.4, -0.2) is 17.5 Å². The minimum Gasteiger partial charge on any atom is -0.366 e. The second kappa shape index (κ2) is 6.64. The Kier molecular flexibility index (Phi) is 5.43. The van der Waals surface area contributed by atoms with Gasteiger partial charge in [0.15, 0.2) is 0 Å². The molecule has 1 radical (unpaired) electrons. The van der Waals surface area contributed by atoms with Crippen molar-refractivity contribution >= 4 is 18.0 Å². The van der Waals surface area contributed by atoms with Gasteiger partial charge in [-0.05, 0) is 5.56 Å². The van der Waals surface area contributed by atoms with Crippen molar-refractivity contribution in [2.45, 2.75) is 25.7 Å². The third-order valence-corrected chi connectivity index (χ3v) is 2.84. The van der Waals surface area contributed by atoms with E-state index in [2.05, 4.69) is 13.8 Å². The van der Waals surface area contributed by atoms with E-state index in [1.54, 1.807) is 17.8 Å². The Labute approximate surface area is 95.0 Å². The maximum absolute atomic E-state index is 10.6. The zero-order chi connectivity index (χ0) is 11.1. The number of thioether (sulfide) groups is 1. The Balaban J connectivity index is 2.40. The van der Waals surface area contributed by atoms with Gasteiger partial charge in [0.1, 0.15) is 0 Å². The third-order valence-electron chi connectivity index (χ3n) is 1.87. The lowest BCUT2D eigenvalue weighted by Gasteiger charge is -2.07. The van der Waals surface area contributed by atoms with Gasteiger partial charge < -0.3 is 4.74 Å². The van der Waals surface area contributed by atoms with Crippen molar-refractivity contribution in [3.05, 3.63) is 35.4 Å². The zero-order valence-corrected chi connectivity index (χ0v) is 9.84. The first-order valence-corrected chi connectivity index (χ1v) is 5.94. The predicted molar refractivity (Wildman–Crippen MR) is 63.6 cm³/mol. The Morgan fingerprint density at radius 2 is 2.13 bits per heavy atom. The molecule has 0 fully saturated rings. The van der Waals surface area contributed by atoms with E-state index in [0.717, 1.165) is 5.56 Å². The molecule has 0 spiro atoms. The van der Waals surface area contributed by atoms with Gasteiger partial charge in [0.05, 0.1) is 12.5 Å². The number of hydrogen-bond acceptors (Lipinski definition) is 3. The molecule has 15 heavy (non-hydrogen) atoms. The monoisotopic (exact) mass is 223 g/mol. The molecule has 0 N–H and O–H groups in total. The Bertz CT molecular complexity index is 310. The Morgan fingerprint density at radius 1 is 1.40 bits per heavy atom. The lowest BCUT2D eigenvalue weighted by molar-refractivity contribution is 0.169. The number of benzene rings is 1. The largest absolute Gasteiger partial charge is 0.366 e. The molecular formula is C12H15O2S. The van der Waals surface area contributed by atoms with Crippen LogP contribution >= 0.6 is 11.8 Å². The average molecular weight is 223 g/mol. The fourth-order valence-electron chi connectivity index (χ4n) is 1.08. The third kappa shape index (κ3) is 4.49. The Hall–Kier alpha value is -0.800. The lowest BCUT2D eigenvalue weighted by Crippen LogP contribution is -1.99. The molecule has 0 aromatic heterocycles. The fraction of sp³-hybridized carbons (Fsp3) is 0.417. The molecule has 1 aromatic rings. The van der Waals surface area contributed by atoms with Gasteiger partial charge in [0, 0.05) is 10.8 Å². The molecule has 0 bridgehead atoms. The van der Waals surface area contributed by atoms with Gasteiger partial charge in [0.25, 0.3) is 0 Å². The van der Waals surface area contributed by atoms with E-state index in [-0.39, 0.29) is 0 Å². The SMILES string of the molecule is CC(C)SCOCc1ccccc1[C]=O. The first-order chi connectivity index (χ1) is 7.24. The van der Waals surface area contributed by atoms with Gasteiger partial charge in [-0.3, -0.25) is 4.79 Å². The van der Waals surface area contributed by atoms with Crippen molar-refractivity contribution < 1.29 is 9.53 Å². The van der Waals surface area contributed by atoms with Crippen LogP contribution in [0.5, 0.6) is 0 Å². The summed E-state index contributed by atoms with van der Waals surface area (Å²) in [4.78, 5) is 10.6. The van der Waals surface area contributed by atoms with E-state index in [4.69, 9.17) is 4.74 Å². The summed E-state index contributed by atoms with van der Waals surface area (Å²) in [5.41, 5.74) is 1.49. The molecule has 0 aliphatic carbocycles. The molecule has 1 rings (SSSR count). The summed E-state index contributed by atoms with van der Waals surface area (Å²) in [5, 5.41) is 0.567. The molecule has 3 heteroatoms. The van der Waals surface area contributed by atoms with E-state index in [1.807, 2.05) is 24.5 Å². The first-order valence-electron chi connectivity index (χ1n) is 4.89. The van der Waals surface area contributed by atoms with Crippen molar-refractivity contribution in [1.82, 2.24) is 0 Å². The lowest BCUT2D eigenvalue weighted by atomic mass is 10.1. The van der Waals surface area contributed by atoms with Crippen LogP contribution in [0.3, 0.4) is 0 Å². The predicted octanol–water partition coefficient (Wildman–Crippen LogP) is 2.76. The summed E-state index contributed by atoms with van der Waals surface area (Å²) in [7, 11) is 0. The molecule has 0 unspecified atom stereocenters. The van der Waals surface area contributed by atoms with Crippen molar-refractivity contribution in [3.8, 4) is 0 Å². The maximum atomic E-state index is 10.6. The summed E-state index contributed by atoms with van der Waals surface area (Å²) in [6.07, 6.45) is 1.91. The molecule has 0 amide bonds. The maximum Gasteiger partial charge on any atom is 0.233 e. The van der Waals surface area contributed by atoms with Crippen LogP contribution in [0.25, 0.3) is 0 Å². The van der Waals surface area contributed by atoms with Gasteiger partial charge >= 0.3 is 0 Å². The number of hydrogen-bond donors (Lipinski definition) is 0. The number of rotatable bonds is 6. The molecule has 1 aromatic carbocycles. The van der Waals surface area contributed by atoms with E-state index < -0.39 is 0 Å². The van der Waals surface area contributed by atoms with Crippen LogP contribution in [0.2, 0.25) is 0 Å². The van der Waals surface area contributed by atoms with Crippen molar-refractivity contribution in [1.29, 1.82) is 0 Å². The molecule has 0 saturated heterocycles. The normalized spacial score (nSPS) is 10.6. The van der Waals surface area contributed by atoms with Crippen LogP contribution in [0, 0.1) is 0 Å². The number of ether oxygens (including phenoxy) is 1. The minimum absolute atomic E-state index is 0.477. The zero-order valence-electron chi connectivity index (χ0n) is 9.03. The highest BCUT2D eigenvalue weighted by Crippen LogP contribution is 2.12. The molecule has 0 heterocycles. The first kappa shape index (κ1) is 12.3. The van der Waals surface area contributed by atoms with Crippen LogP contribution in [0.4, 0.5) is 0 Å². The highest BCUT2D eigenvalue weighted by Gasteiger charge is 2.01. The van der Waals surface area contributed by atoms with E-state index in [0.29, 0.717) is 23.4 Å². The van der Waals surface area contributed by atoms with E-state index in [9.17, 15) is 4.79 Å². The summed E-state index contributed by atoms with van der Waals surface area (Å²) in [6, 6.07) is 7.36. The topological polar surface area (TPSA) is 26.3 Å². The Morgan fingerprint density at radius 3 is 2.80 bits per heavy atom. The van der Waals surface area contributed by atoms with E-state index >= 15 is 0 Å². The second-order valence-electron chi connectivity index (χ2n) is 3.44. The van der Waals surface area contributed by atoms with Gasteiger partial charge in [0.2, 0.25) is 6.29 Å². The molecule has 81 valence electrons. The molecule has 0 aliphatic rings. The van der Waals surface area contributed by atoms with Gasteiger partial charge in [-0.15, -0.1) is 11.8 Å². The van der Waals surface area contributed by atoms with Gasteiger partial charge in [-0.2, -0.15) is 0 Å². The molecule has 0 atom stereocenters.